The van der Waals surface area contributed by atoms with E-state index >= 15 is 0 Å². The van der Waals surface area contributed by atoms with E-state index in [1.165, 1.54) is 6.07 Å². The van der Waals surface area contributed by atoms with Crippen molar-refractivity contribution >= 4 is 34.0 Å². The van der Waals surface area contributed by atoms with Gasteiger partial charge in [0.2, 0.25) is 10.0 Å². The molecular formula is C14H22Cl2N2O3S. The van der Waals surface area contributed by atoms with Crippen molar-refractivity contribution in [2.75, 3.05) is 19.6 Å². The summed E-state index contributed by atoms with van der Waals surface area (Å²) in [4.78, 5) is 0.194. The van der Waals surface area contributed by atoms with E-state index in [4.69, 9.17) is 16.3 Å². The van der Waals surface area contributed by atoms with Crippen molar-refractivity contribution in [1.29, 1.82) is 0 Å². The highest BCUT2D eigenvalue weighted by Crippen LogP contribution is 2.37. The molecule has 0 aliphatic carbocycles. The number of halogens is 2. The Morgan fingerprint density at radius 1 is 1.32 bits per heavy atom. The van der Waals surface area contributed by atoms with Crippen molar-refractivity contribution in [2.45, 2.75) is 37.7 Å². The molecule has 8 heteroatoms. The van der Waals surface area contributed by atoms with Crippen LogP contribution in [0, 0.1) is 0 Å². The first-order valence-corrected chi connectivity index (χ1v) is 8.99. The molecule has 1 atom stereocenters. The van der Waals surface area contributed by atoms with E-state index in [1.54, 1.807) is 6.07 Å². The fraction of sp³-hybridized carbons (Fsp3) is 0.571. The maximum atomic E-state index is 12.3. The number of ether oxygens (including phenoxy) is 1. The topological polar surface area (TPSA) is 67.4 Å². The number of hydrogen-bond donors (Lipinski definition) is 2. The zero-order valence-corrected chi connectivity index (χ0v) is 15.1. The van der Waals surface area contributed by atoms with Crippen molar-refractivity contribution in [3.63, 3.8) is 0 Å². The zero-order valence-electron chi connectivity index (χ0n) is 12.7. The summed E-state index contributed by atoms with van der Waals surface area (Å²) in [6.45, 7) is 5.83. The van der Waals surface area contributed by atoms with E-state index in [1.807, 2.05) is 6.92 Å². The number of sulfonamides is 1. The van der Waals surface area contributed by atoms with Crippen LogP contribution < -0.4 is 14.8 Å². The number of benzene rings is 1. The van der Waals surface area contributed by atoms with Crippen LogP contribution in [0.2, 0.25) is 5.02 Å². The minimum atomic E-state index is -3.54. The summed E-state index contributed by atoms with van der Waals surface area (Å²) in [7, 11) is -3.54. The Morgan fingerprint density at radius 2 is 2.05 bits per heavy atom. The molecule has 1 heterocycles. The summed E-state index contributed by atoms with van der Waals surface area (Å²) in [6, 6.07) is 3.09. The van der Waals surface area contributed by atoms with Gasteiger partial charge in [0.1, 0.15) is 11.9 Å². The van der Waals surface area contributed by atoms with Crippen LogP contribution in [0.4, 0.5) is 0 Å². The third-order valence-corrected chi connectivity index (χ3v) is 4.97. The van der Waals surface area contributed by atoms with Gasteiger partial charge in [0.15, 0.2) is 0 Å². The Balaban J connectivity index is 0.00000242. The molecule has 1 aliphatic rings. The highest BCUT2D eigenvalue weighted by Gasteiger charge is 2.25. The monoisotopic (exact) mass is 368 g/mol. The quantitative estimate of drug-likeness (QED) is 0.725. The summed E-state index contributed by atoms with van der Waals surface area (Å²) >= 11 is 6.12. The molecule has 2 N–H and O–H groups in total. The minimum Gasteiger partial charge on any atom is -0.489 e. The minimum absolute atomic E-state index is 0. The Kier molecular flexibility index (Phi) is 7.41. The maximum Gasteiger partial charge on any atom is 0.240 e. The van der Waals surface area contributed by atoms with Gasteiger partial charge in [0, 0.05) is 25.1 Å². The molecule has 0 spiro atoms. The van der Waals surface area contributed by atoms with Gasteiger partial charge in [-0.3, -0.25) is 0 Å². The van der Waals surface area contributed by atoms with Gasteiger partial charge in [-0.25, -0.2) is 13.1 Å². The van der Waals surface area contributed by atoms with Crippen LogP contribution in [0.25, 0.3) is 0 Å². The van der Waals surface area contributed by atoms with Gasteiger partial charge in [-0.1, -0.05) is 18.5 Å². The van der Waals surface area contributed by atoms with Crippen LogP contribution in [0.5, 0.6) is 5.75 Å². The maximum absolute atomic E-state index is 12.3. The summed E-state index contributed by atoms with van der Waals surface area (Å²) in [5.74, 6) is 0.604. The van der Waals surface area contributed by atoms with Crippen molar-refractivity contribution in [1.82, 2.24) is 10.0 Å². The predicted octanol–water partition coefficient (Wildman–Crippen LogP) is 2.36. The second-order valence-corrected chi connectivity index (χ2v) is 7.35. The van der Waals surface area contributed by atoms with Crippen LogP contribution in [0.3, 0.4) is 0 Å². The van der Waals surface area contributed by atoms with Crippen LogP contribution in [0.1, 0.15) is 25.8 Å². The van der Waals surface area contributed by atoms with Crippen LogP contribution >= 0.6 is 24.0 Å². The van der Waals surface area contributed by atoms with Crippen molar-refractivity contribution < 1.29 is 13.2 Å². The molecule has 0 radical (unpaired) electrons. The first kappa shape index (κ1) is 19.5. The predicted molar refractivity (Wildman–Crippen MR) is 90.8 cm³/mol. The Labute approximate surface area is 143 Å². The van der Waals surface area contributed by atoms with Crippen molar-refractivity contribution in [3.8, 4) is 5.75 Å². The van der Waals surface area contributed by atoms with Crippen molar-refractivity contribution in [3.05, 3.63) is 22.7 Å². The normalized spacial score (nSPS) is 16.8. The van der Waals surface area contributed by atoms with Gasteiger partial charge in [0.25, 0.3) is 0 Å². The summed E-state index contributed by atoms with van der Waals surface area (Å²) < 4.78 is 32.7. The van der Waals surface area contributed by atoms with Gasteiger partial charge in [-0.2, -0.15) is 0 Å². The number of nitrogens with one attached hydrogen (secondary N) is 2. The molecule has 0 amide bonds. The molecular weight excluding hydrogens is 347 g/mol. The lowest BCUT2D eigenvalue weighted by atomic mass is 10.1. The van der Waals surface area contributed by atoms with E-state index in [-0.39, 0.29) is 23.4 Å². The Hall–Kier alpha value is -0.530. The van der Waals surface area contributed by atoms with Crippen LogP contribution in [-0.4, -0.2) is 34.2 Å². The lowest BCUT2D eigenvalue weighted by Crippen LogP contribution is -2.32. The molecule has 5 nitrogen and oxygen atoms in total. The molecule has 1 aromatic rings. The largest absolute Gasteiger partial charge is 0.489 e. The fourth-order valence-corrected chi connectivity index (χ4v) is 3.73. The number of rotatable bonds is 7. The molecule has 1 unspecified atom stereocenters. The van der Waals surface area contributed by atoms with Gasteiger partial charge in [0.05, 0.1) is 9.92 Å². The first-order chi connectivity index (χ1) is 9.94. The second-order valence-electron chi connectivity index (χ2n) is 5.17. The van der Waals surface area contributed by atoms with Gasteiger partial charge in [-0.15, -0.1) is 12.4 Å². The molecule has 2 rings (SSSR count). The fourth-order valence-electron chi connectivity index (χ4n) is 2.27. The molecule has 0 aromatic heterocycles. The molecule has 0 saturated carbocycles. The lowest BCUT2D eigenvalue weighted by Gasteiger charge is -2.10. The second kappa shape index (κ2) is 8.36. The first-order valence-electron chi connectivity index (χ1n) is 7.13. The summed E-state index contributed by atoms with van der Waals surface area (Å²) in [5, 5.41) is 3.49. The third-order valence-electron chi connectivity index (χ3n) is 3.25. The third kappa shape index (κ3) is 4.73. The molecule has 22 heavy (non-hydrogen) atoms. The van der Waals surface area contributed by atoms with E-state index in [9.17, 15) is 8.42 Å². The molecule has 0 fully saturated rings. The van der Waals surface area contributed by atoms with E-state index in [2.05, 4.69) is 17.0 Å². The Bertz CT molecular complexity index is 608. The average Bonchev–Trinajstić information content (AvgIpc) is 2.79. The Morgan fingerprint density at radius 3 is 2.73 bits per heavy atom. The molecule has 1 aromatic carbocycles. The summed E-state index contributed by atoms with van der Waals surface area (Å²) in [5.41, 5.74) is 0.847. The van der Waals surface area contributed by atoms with Gasteiger partial charge in [-0.05, 0) is 32.0 Å². The van der Waals surface area contributed by atoms with Crippen LogP contribution in [0.15, 0.2) is 17.0 Å². The number of hydrogen-bond acceptors (Lipinski definition) is 4. The smallest absolute Gasteiger partial charge is 0.240 e. The number of fused-ring (bicyclic) bond motifs is 1. The molecule has 0 bridgehead atoms. The lowest BCUT2D eigenvalue weighted by molar-refractivity contribution is 0.255. The van der Waals surface area contributed by atoms with Crippen molar-refractivity contribution in [2.24, 2.45) is 0 Å². The highest BCUT2D eigenvalue weighted by molar-refractivity contribution is 7.89. The standard InChI is InChI=1S/C14H21ClN2O3S.ClH/c1-3-4-16-5-6-17-21(18,19)12-8-11-7-10(2)20-14(11)13(15)9-12;/h8-10,16-17H,3-7H2,1-2H3;1H. The summed E-state index contributed by atoms with van der Waals surface area (Å²) in [6.07, 6.45) is 1.73. The van der Waals surface area contributed by atoms with Crippen LogP contribution in [-0.2, 0) is 16.4 Å². The van der Waals surface area contributed by atoms with E-state index in [0.29, 0.717) is 30.3 Å². The van der Waals surface area contributed by atoms with Gasteiger partial charge < -0.3 is 10.1 Å². The molecule has 126 valence electrons. The molecule has 1 aliphatic heterocycles. The van der Waals surface area contributed by atoms with E-state index < -0.39 is 10.0 Å². The highest BCUT2D eigenvalue weighted by atomic mass is 35.5. The molecule has 0 saturated heterocycles. The van der Waals surface area contributed by atoms with Gasteiger partial charge >= 0.3 is 0 Å². The zero-order chi connectivity index (χ0) is 15.5. The average molecular weight is 369 g/mol. The van der Waals surface area contributed by atoms with E-state index in [0.717, 1.165) is 18.5 Å². The SMILES string of the molecule is CCCNCCNS(=O)(=O)c1cc(Cl)c2c(c1)CC(C)O2.Cl.